The van der Waals surface area contributed by atoms with Crippen LogP contribution in [0.15, 0.2) is 66.7 Å². The maximum Gasteiger partial charge on any atom is 0.119 e. The van der Waals surface area contributed by atoms with Crippen molar-refractivity contribution in [3.05, 3.63) is 100 Å². The lowest BCUT2D eigenvalue weighted by Gasteiger charge is -2.40. The topological polar surface area (TPSA) is 109 Å². The molecule has 0 saturated carbocycles. The highest BCUT2D eigenvalue weighted by molar-refractivity contribution is 5.38. The lowest BCUT2D eigenvalue weighted by Crippen LogP contribution is -2.55. The Bertz CT molecular complexity index is 1180. The molecule has 1 fully saturated rings. The summed E-state index contributed by atoms with van der Waals surface area (Å²) >= 11 is 0. The Morgan fingerprint density at radius 1 is 0.917 bits per heavy atom. The third kappa shape index (κ3) is 5.04. The highest BCUT2D eigenvalue weighted by Crippen LogP contribution is 2.34. The number of hydrogen-bond donors (Lipinski definition) is 4. The van der Waals surface area contributed by atoms with Gasteiger partial charge < -0.3 is 34.6 Å². The average molecular weight is 493 g/mol. The third-order valence-corrected chi connectivity index (χ3v) is 7.16. The second-order valence-electron chi connectivity index (χ2n) is 9.57. The molecular weight excluding hydrogens is 460 g/mol. The zero-order valence-corrected chi connectivity index (χ0v) is 20.2. The summed E-state index contributed by atoms with van der Waals surface area (Å²) in [5.41, 5.74) is 6.31. The van der Waals surface area contributed by atoms with E-state index in [1.165, 1.54) is 11.1 Å². The van der Waals surface area contributed by atoms with Crippen LogP contribution in [0.1, 0.15) is 45.6 Å². The number of fused-ring (bicyclic) bond motifs is 1. The van der Waals surface area contributed by atoms with Gasteiger partial charge in [-0.2, -0.15) is 0 Å². The van der Waals surface area contributed by atoms with Gasteiger partial charge in [0.25, 0.3) is 0 Å². The quantitative estimate of drug-likeness (QED) is 0.402. The third-order valence-electron chi connectivity index (χ3n) is 7.16. The molecule has 190 valence electrons. The number of benzene rings is 3. The van der Waals surface area contributed by atoms with Crippen LogP contribution in [-0.2, 0) is 22.5 Å². The predicted octanol–water partition coefficient (Wildman–Crippen LogP) is 2.75. The molecule has 2 aliphatic heterocycles. The van der Waals surface area contributed by atoms with Gasteiger partial charge in [-0.15, -0.1) is 0 Å². The van der Waals surface area contributed by atoms with Crippen LogP contribution in [0.4, 0.5) is 0 Å². The maximum atomic E-state index is 10.5. The molecule has 0 bridgehead atoms. The van der Waals surface area contributed by atoms with Crippen LogP contribution in [0.3, 0.4) is 0 Å². The van der Waals surface area contributed by atoms with Crippen molar-refractivity contribution >= 4 is 0 Å². The molecule has 6 atom stereocenters. The Morgan fingerprint density at radius 3 is 2.47 bits per heavy atom. The zero-order chi connectivity index (χ0) is 25.2. The molecule has 0 radical (unpaired) electrons. The molecule has 7 nitrogen and oxygen atoms in total. The van der Waals surface area contributed by atoms with E-state index < -0.39 is 37.1 Å². The number of aryl methyl sites for hydroxylation is 1. The van der Waals surface area contributed by atoms with E-state index in [2.05, 4.69) is 12.1 Å². The lowest BCUT2D eigenvalue weighted by atomic mass is 9.89. The summed E-state index contributed by atoms with van der Waals surface area (Å²) in [6, 6.07) is 21.9. The first-order valence-corrected chi connectivity index (χ1v) is 12.3. The van der Waals surface area contributed by atoms with E-state index in [0.717, 1.165) is 22.4 Å². The van der Waals surface area contributed by atoms with Gasteiger partial charge in [0.2, 0.25) is 0 Å². The van der Waals surface area contributed by atoms with Crippen molar-refractivity contribution in [2.75, 3.05) is 13.2 Å². The molecule has 3 aromatic carbocycles. The first-order valence-electron chi connectivity index (χ1n) is 12.3. The van der Waals surface area contributed by atoms with E-state index in [1.54, 1.807) is 0 Å². The van der Waals surface area contributed by atoms with Gasteiger partial charge in [-0.05, 0) is 58.9 Å². The molecule has 0 unspecified atom stereocenters. The summed E-state index contributed by atoms with van der Waals surface area (Å²) in [5.74, 6) is 0.776. The van der Waals surface area contributed by atoms with Crippen molar-refractivity contribution in [3.8, 4) is 5.75 Å². The van der Waals surface area contributed by atoms with Crippen molar-refractivity contribution in [1.82, 2.24) is 0 Å². The number of hydrogen-bond acceptors (Lipinski definition) is 7. The van der Waals surface area contributed by atoms with E-state index in [4.69, 9.17) is 14.2 Å². The summed E-state index contributed by atoms with van der Waals surface area (Å²) in [6.07, 6.45) is -5.26. The summed E-state index contributed by atoms with van der Waals surface area (Å²) in [4.78, 5) is 0. The fourth-order valence-electron chi connectivity index (χ4n) is 4.93. The maximum absolute atomic E-state index is 10.5. The number of aliphatic hydroxyl groups excluding tert-OH is 4. The summed E-state index contributed by atoms with van der Waals surface area (Å²) in [5, 5.41) is 40.2. The van der Waals surface area contributed by atoms with Crippen LogP contribution < -0.4 is 4.74 Å². The molecule has 1 saturated heterocycles. The van der Waals surface area contributed by atoms with Gasteiger partial charge in [0.15, 0.2) is 0 Å². The molecule has 0 amide bonds. The van der Waals surface area contributed by atoms with E-state index in [9.17, 15) is 20.4 Å². The van der Waals surface area contributed by atoms with Gasteiger partial charge in [0, 0.05) is 0 Å². The van der Waals surface area contributed by atoms with Crippen molar-refractivity contribution in [2.45, 2.75) is 56.6 Å². The highest BCUT2D eigenvalue weighted by atomic mass is 16.5. The average Bonchev–Trinajstić information content (AvgIpc) is 3.32. The van der Waals surface area contributed by atoms with Crippen LogP contribution in [-0.4, -0.2) is 58.1 Å². The molecule has 2 aliphatic rings. The number of aliphatic hydroxyl groups is 4. The fraction of sp³-hybridized carbons (Fsp3) is 0.379. The van der Waals surface area contributed by atoms with E-state index in [-0.39, 0.29) is 6.10 Å². The molecule has 5 rings (SSSR count). The predicted molar refractivity (Wildman–Crippen MR) is 133 cm³/mol. The van der Waals surface area contributed by atoms with Crippen molar-refractivity contribution < 1.29 is 34.6 Å². The zero-order valence-electron chi connectivity index (χ0n) is 20.2. The normalized spacial score (nSPS) is 27.6. The number of ether oxygens (including phenoxy) is 3. The van der Waals surface area contributed by atoms with Crippen LogP contribution >= 0.6 is 0 Å². The molecule has 0 aromatic heterocycles. The van der Waals surface area contributed by atoms with Crippen LogP contribution in [0.25, 0.3) is 0 Å². The Hall–Kier alpha value is -2.78. The number of rotatable bonds is 7. The van der Waals surface area contributed by atoms with Gasteiger partial charge in [-0.3, -0.25) is 0 Å². The molecule has 36 heavy (non-hydrogen) atoms. The van der Waals surface area contributed by atoms with Crippen LogP contribution in [0.2, 0.25) is 0 Å². The largest absolute Gasteiger partial charge is 0.491 e. The Labute approximate surface area is 210 Å². The molecule has 7 heteroatoms. The van der Waals surface area contributed by atoms with Gasteiger partial charge in [0.05, 0.1) is 13.2 Å². The van der Waals surface area contributed by atoms with Crippen LogP contribution in [0.5, 0.6) is 5.75 Å². The highest BCUT2D eigenvalue weighted by Gasteiger charge is 2.44. The fourth-order valence-corrected chi connectivity index (χ4v) is 4.93. The second-order valence-corrected chi connectivity index (χ2v) is 9.57. The van der Waals surface area contributed by atoms with Gasteiger partial charge in [-0.1, -0.05) is 54.6 Å². The van der Waals surface area contributed by atoms with Crippen molar-refractivity contribution in [3.63, 3.8) is 0 Å². The summed E-state index contributed by atoms with van der Waals surface area (Å²) in [7, 11) is 0. The second kappa shape index (κ2) is 10.7. The first kappa shape index (κ1) is 24.9. The van der Waals surface area contributed by atoms with E-state index in [0.29, 0.717) is 25.2 Å². The molecule has 3 aromatic rings. The van der Waals surface area contributed by atoms with Gasteiger partial charge in [-0.25, -0.2) is 0 Å². The Kier molecular flexibility index (Phi) is 7.39. The first-order chi connectivity index (χ1) is 17.4. The SMILES string of the molecule is Cc1ccc([C@@H]2O[C@H](CO)[C@@H](O)[C@H](O)[C@H]2O)cc1Cc1ccc(OC[C@H]2OCc3ccccc32)cc1. The van der Waals surface area contributed by atoms with Crippen molar-refractivity contribution in [2.24, 2.45) is 0 Å². The lowest BCUT2D eigenvalue weighted by molar-refractivity contribution is -0.231. The molecule has 0 spiro atoms. The Morgan fingerprint density at radius 2 is 1.69 bits per heavy atom. The summed E-state index contributed by atoms with van der Waals surface area (Å²) in [6.45, 7) is 2.64. The molecular formula is C29H32O7. The smallest absolute Gasteiger partial charge is 0.119 e. The van der Waals surface area contributed by atoms with Gasteiger partial charge in [0.1, 0.15) is 49.0 Å². The molecule has 0 aliphatic carbocycles. The molecule has 2 heterocycles. The van der Waals surface area contributed by atoms with E-state index >= 15 is 0 Å². The van der Waals surface area contributed by atoms with Crippen LogP contribution in [0, 0.1) is 6.92 Å². The Balaban J connectivity index is 1.25. The van der Waals surface area contributed by atoms with E-state index in [1.807, 2.05) is 61.5 Å². The molecule has 4 N–H and O–H groups in total. The minimum Gasteiger partial charge on any atom is -0.491 e. The standard InChI is InChI=1S/C29H32O7/c1-17-6-9-19(29-28(33)27(32)26(31)24(14-30)36-29)13-21(17)12-18-7-10-22(11-8-18)34-16-25-23-5-3-2-4-20(23)15-35-25/h2-11,13,24-33H,12,14-16H2,1H3/t24-,25-,26-,27+,28-,29+/m1/s1. The summed E-state index contributed by atoms with van der Waals surface area (Å²) < 4.78 is 17.6. The monoisotopic (exact) mass is 492 g/mol. The minimum absolute atomic E-state index is 0.0614. The van der Waals surface area contributed by atoms with Gasteiger partial charge >= 0.3 is 0 Å². The van der Waals surface area contributed by atoms with Crippen molar-refractivity contribution in [1.29, 1.82) is 0 Å². The minimum atomic E-state index is -1.40.